The first kappa shape index (κ1) is 14.9. The fraction of sp³-hybridized carbons (Fsp3) is 0.444. The summed E-state index contributed by atoms with van der Waals surface area (Å²) in [6, 6.07) is 15.1. The first-order valence-corrected chi connectivity index (χ1v) is 8.99. The van der Waals surface area contributed by atoms with Gasteiger partial charge in [-0.3, -0.25) is 0 Å². The number of aliphatic hydroxyl groups excluding tert-OH is 1. The Kier molecular flexibility index (Phi) is 4.84. The summed E-state index contributed by atoms with van der Waals surface area (Å²) in [4.78, 5) is 0. The first-order chi connectivity index (χ1) is 10.3. The van der Waals surface area contributed by atoms with Gasteiger partial charge in [0.25, 0.3) is 0 Å². The van der Waals surface area contributed by atoms with Crippen molar-refractivity contribution in [2.45, 2.75) is 36.7 Å². The van der Waals surface area contributed by atoms with Crippen LogP contribution in [0.15, 0.2) is 42.5 Å². The van der Waals surface area contributed by atoms with Gasteiger partial charge in [0.05, 0.1) is 6.10 Å². The van der Waals surface area contributed by atoms with Crippen molar-refractivity contribution in [3.05, 3.63) is 48.0 Å². The van der Waals surface area contributed by atoms with Crippen LogP contribution < -0.4 is 5.32 Å². The number of fused-ring (bicyclic) bond motifs is 1. The maximum atomic E-state index is 10.4. The zero-order valence-electron chi connectivity index (χ0n) is 12.5. The van der Waals surface area contributed by atoms with Crippen molar-refractivity contribution in [2.24, 2.45) is 0 Å². The number of hydrogen-bond acceptors (Lipinski definition) is 3. The van der Waals surface area contributed by atoms with Gasteiger partial charge in [-0.05, 0) is 41.5 Å². The lowest BCUT2D eigenvalue weighted by Gasteiger charge is -2.21. The summed E-state index contributed by atoms with van der Waals surface area (Å²) in [5.41, 5.74) is 1.000. The standard InChI is InChI=1S/C18H23NOS/c1-21-18-8-4-7-16(18)19-12-17(20)15-10-9-13-5-2-3-6-14(13)11-15/h2-3,5-6,9-11,16-20H,4,7-8,12H2,1H3. The number of aliphatic hydroxyl groups is 1. The molecule has 2 aromatic rings. The van der Waals surface area contributed by atoms with Crippen LogP contribution in [-0.2, 0) is 0 Å². The average Bonchev–Trinajstić information content (AvgIpc) is 2.99. The minimum absolute atomic E-state index is 0.433. The molecular weight excluding hydrogens is 278 g/mol. The Bertz CT molecular complexity index is 601. The van der Waals surface area contributed by atoms with Crippen molar-refractivity contribution >= 4 is 22.5 Å². The Morgan fingerprint density at radius 3 is 2.81 bits per heavy atom. The second-order valence-corrected chi connectivity index (χ2v) is 6.92. The van der Waals surface area contributed by atoms with Crippen LogP contribution in [0.2, 0.25) is 0 Å². The topological polar surface area (TPSA) is 32.3 Å². The summed E-state index contributed by atoms with van der Waals surface area (Å²) in [5, 5.41) is 17.1. The van der Waals surface area contributed by atoms with Gasteiger partial charge in [-0.25, -0.2) is 0 Å². The van der Waals surface area contributed by atoms with Gasteiger partial charge in [-0.1, -0.05) is 42.8 Å². The van der Waals surface area contributed by atoms with Crippen molar-refractivity contribution in [2.75, 3.05) is 12.8 Å². The molecule has 0 saturated heterocycles. The predicted octanol–water partition coefficient (Wildman–Crippen LogP) is 3.75. The van der Waals surface area contributed by atoms with Crippen LogP contribution in [0.3, 0.4) is 0 Å². The highest BCUT2D eigenvalue weighted by Crippen LogP contribution is 2.29. The van der Waals surface area contributed by atoms with E-state index in [1.807, 2.05) is 30.0 Å². The third-order valence-electron chi connectivity index (χ3n) is 4.49. The summed E-state index contributed by atoms with van der Waals surface area (Å²) in [6.07, 6.45) is 5.58. The summed E-state index contributed by atoms with van der Waals surface area (Å²) in [7, 11) is 0. The molecule has 0 amide bonds. The van der Waals surface area contributed by atoms with Crippen molar-refractivity contribution in [3.8, 4) is 0 Å². The second kappa shape index (κ2) is 6.82. The number of nitrogens with one attached hydrogen (secondary N) is 1. The number of thioether (sulfide) groups is 1. The molecule has 112 valence electrons. The Morgan fingerprint density at radius 1 is 1.19 bits per heavy atom. The molecule has 2 aromatic carbocycles. The van der Waals surface area contributed by atoms with Crippen molar-refractivity contribution in [1.29, 1.82) is 0 Å². The molecule has 3 rings (SSSR count). The van der Waals surface area contributed by atoms with Gasteiger partial charge in [-0.15, -0.1) is 0 Å². The van der Waals surface area contributed by atoms with Gasteiger partial charge in [0, 0.05) is 17.8 Å². The van der Waals surface area contributed by atoms with Gasteiger partial charge in [-0.2, -0.15) is 11.8 Å². The molecule has 2 nitrogen and oxygen atoms in total. The lowest BCUT2D eigenvalue weighted by atomic mass is 10.0. The lowest BCUT2D eigenvalue weighted by molar-refractivity contribution is 0.170. The zero-order valence-corrected chi connectivity index (χ0v) is 13.3. The van der Waals surface area contributed by atoms with Crippen LogP contribution in [0.5, 0.6) is 0 Å². The summed E-state index contributed by atoms with van der Waals surface area (Å²) in [6.45, 7) is 0.639. The van der Waals surface area contributed by atoms with Crippen molar-refractivity contribution in [3.63, 3.8) is 0 Å². The van der Waals surface area contributed by atoms with E-state index in [2.05, 4.69) is 35.8 Å². The first-order valence-electron chi connectivity index (χ1n) is 7.71. The highest BCUT2D eigenvalue weighted by atomic mass is 32.2. The van der Waals surface area contributed by atoms with Gasteiger partial charge in [0.2, 0.25) is 0 Å². The van der Waals surface area contributed by atoms with Crippen LogP contribution in [0.25, 0.3) is 10.8 Å². The van der Waals surface area contributed by atoms with Crippen LogP contribution in [0, 0.1) is 0 Å². The zero-order chi connectivity index (χ0) is 14.7. The van der Waals surface area contributed by atoms with E-state index in [-0.39, 0.29) is 0 Å². The van der Waals surface area contributed by atoms with E-state index >= 15 is 0 Å². The number of benzene rings is 2. The van der Waals surface area contributed by atoms with Crippen LogP contribution in [-0.4, -0.2) is 29.2 Å². The van der Waals surface area contributed by atoms with Crippen molar-refractivity contribution < 1.29 is 5.11 Å². The minimum Gasteiger partial charge on any atom is -0.387 e. The van der Waals surface area contributed by atoms with Gasteiger partial charge in [0.15, 0.2) is 0 Å². The Balaban J connectivity index is 1.65. The highest BCUT2D eigenvalue weighted by Gasteiger charge is 2.26. The van der Waals surface area contributed by atoms with E-state index in [1.54, 1.807) is 0 Å². The summed E-state index contributed by atoms with van der Waals surface area (Å²) >= 11 is 1.95. The molecule has 2 N–H and O–H groups in total. The third kappa shape index (κ3) is 3.42. The van der Waals surface area contributed by atoms with Crippen LogP contribution >= 0.6 is 11.8 Å². The monoisotopic (exact) mass is 301 g/mol. The molecule has 1 aliphatic carbocycles. The molecule has 0 heterocycles. The third-order valence-corrected chi connectivity index (χ3v) is 5.66. The summed E-state index contributed by atoms with van der Waals surface area (Å²) < 4.78 is 0. The number of hydrogen-bond donors (Lipinski definition) is 2. The van der Waals surface area contributed by atoms with E-state index in [0.717, 1.165) is 5.56 Å². The largest absolute Gasteiger partial charge is 0.387 e. The molecule has 0 aromatic heterocycles. The molecule has 0 aliphatic heterocycles. The van der Waals surface area contributed by atoms with E-state index in [9.17, 15) is 5.11 Å². The maximum absolute atomic E-state index is 10.4. The van der Waals surface area contributed by atoms with E-state index < -0.39 is 6.10 Å². The van der Waals surface area contributed by atoms with Crippen LogP contribution in [0.4, 0.5) is 0 Å². The number of rotatable bonds is 5. The fourth-order valence-corrected chi connectivity index (χ4v) is 4.20. The summed E-state index contributed by atoms with van der Waals surface area (Å²) in [5.74, 6) is 0. The molecule has 3 atom stereocenters. The SMILES string of the molecule is CSC1CCCC1NCC(O)c1ccc2ccccc2c1. The second-order valence-electron chi connectivity index (χ2n) is 5.84. The maximum Gasteiger partial charge on any atom is 0.0914 e. The molecule has 3 heteroatoms. The van der Waals surface area contributed by atoms with Crippen LogP contribution in [0.1, 0.15) is 30.9 Å². The minimum atomic E-state index is -0.433. The van der Waals surface area contributed by atoms with Gasteiger partial charge >= 0.3 is 0 Å². The molecule has 1 saturated carbocycles. The molecular formula is C18H23NOS. The van der Waals surface area contributed by atoms with Gasteiger partial charge in [0.1, 0.15) is 0 Å². The van der Waals surface area contributed by atoms with E-state index in [0.29, 0.717) is 17.8 Å². The molecule has 0 bridgehead atoms. The highest BCUT2D eigenvalue weighted by molar-refractivity contribution is 7.99. The molecule has 0 spiro atoms. The predicted molar refractivity (Wildman–Crippen MR) is 91.9 cm³/mol. The molecule has 1 aliphatic rings. The molecule has 1 fully saturated rings. The lowest BCUT2D eigenvalue weighted by Crippen LogP contribution is -2.36. The average molecular weight is 301 g/mol. The Labute approximate surface area is 130 Å². The quantitative estimate of drug-likeness (QED) is 0.882. The smallest absolute Gasteiger partial charge is 0.0914 e. The Morgan fingerprint density at radius 2 is 2.00 bits per heavy atom. The van der Waals surface area contributed by atoms with Gasteiger partial charge < -0.3 is 10.4 Å². The molecule has 0 radical (unpaired) electrons. The Hall–Kier alpha value is -1.03. The van der Waals surface area contributed by atoms with E-state index in [4.69, 9.17) is 0 Å². The molecule has 21 heavy (non-hydrogen) atoms. The van der Waals surface area contributed by atoms with E-state index in [1.165, 1.54) is 30.0 Å². The normalized spacial score (nSPS) is 23.5. The molecule has 3 unspecified atom stereocenters. The van der Waals surface area contributed by atoms with Crippen molar-refractivity contribution in [1.82, 2.24) is 5.32 Å². The fourth-order valence-electron chi connectivity index (χ4n) is 3.24.